The van der Waals surface area contributed by atoms with Crippen molar-refractivity contribution in [3.05, 3.63) is 23.8 Å². The Morgan fingerprint density at radius 2 is 1.72 bits per heavy atom. The minimum atomic E-state index is -3.35. The molecular formula is C16H26N3O5S+. The molecule has 0 aliphatic carbocycles. The summed E-state index contributed by atoms with van der Waals surface area (Å²) in [4.78, 5) is 13.6. The third-order valence-electron chi connectivity index (χ3n) is 4.23. The molecule has 140 valence electrons. The van der Waals surface area contributed by atoms with Crippen LogP contribution in [0.15, 0.2) is 18.2 Å². The second kappa shape index (κ2) is 8.50. The SMILES string of the molecule is COc1cc(OC)cc(C(=O)NCCS(=O)(=O)N2CC[NH+](C)CC2)c1. The number of quaternary nitrogens is 1. The first-order valence-corrected chi connectivity index (χ1v) is 9.77. The maximum absolute atomic E-state index is 12.3. The van der Waals surface area contributed by atoms with E-state index in [2.05, 4.69) is 5.32 Å². The molecule has 1 aromatic rings. The van der Waals surface area contributed by atoms with E-state index in [9.17, 15) is 13.2 Å². The molecule has 0 unspecified atom stereocenters. The van der Waals surface area contributed by atoms with Crippen molar-refractivity contribution in [3.8, 4) is 11.5 Å². The monoisotopic (exact) mass is 372 g/mol. The Balaban J connectivity index is 1.92. The molecule has 1 aliphatic heterocycles. The number of amides is 1. The molecule has 0 atom stereocenters. The molecule has 1 aromatic carbocycles. The van der Waals surface area contributed by atoms with Crippen molar-refractivity contribution >= 4 is 15.9 Å². The quantitative estimate of drug-likeness (QED) is 0.614. The summed E-state index contributed by atoms with van der Waals surface area (Å²) in [5.74, 6) is 0.517. The lowest BCUT2D eigenvalue weighted by atomic mass is 10.2. The number of sulfonamides is 1. The number of carbonyl (C=O) groups is 1. The molecule has 2 rings (SSSR count). The lowest BCUT2D eigenvalue weighted by Crippen LogP contribution is -3.12. The number of benzene rings is 1. The number of ether oxygens (including phenoxy) is 2. The second-order valence-electron chi connectivity index (χ2n) is 6.03. The molecule has 1 heterocycles. The van der Waals surface area contributed by atoms with Gasteiger partial charge in [0.25, 0.3) is 5.91 Å². The molecule has 1 fully saturated rings. The topological polar surface area (TPSA) is 89.4 Å². The largest absolute Gasteiger partial charge is 0.497 e. The van der Waals surface area contributed by atoms with Gasteiger partial charge in [0.2, 0.25) is 10.0 Å². The summed E-state index contributed by atoms with van der Waals surface area (Å²) in [6.07, 6.45) is 0. The zero-order chi connectivity index (χ0) is 18.4. The van der Waals surface area contributed by atoms with Gasteiger partial charge in [-0.05, 0) is 12.1 Å². The van der Waals surface area contributed by atoms with Crippen LogP contribution in [0.3, 0.4) is 0 Å². The average Bonchev–Trinajstić information content (AvgIpc) is 2.61. The third kappa shape index (κ3) is 5.32. The summed E-state index contributed by atoms with van der Waals surface area (Å²) in [6.45, 7) is 2.70. The Hall–Kier alpha value is -1.84. The Labute approximate surface area is 148 Å². The van der Waals surface area contributed by atoms with E-state index in [1.807, 2.05) is 7.05 Å². The van der Waals surface area contributed by atoms with E-state index in [1.54, 1.807) is 18.2 Å². The predicted molar refractivity (Wildman–Crippen MR) is 93.9 cm³/mol. The normalized spacial score (nSPS) is 16.4. The van der Waals surface area contributed by atoms with Crippen LogP contribution in [0.25, 0.3) is 0 Å². The molecule has 0 bridgehead atoms. The van der Waals surface area contributed by atoms with Crippen LogP contribution < -0.4 is 19.7 Å². The van der Waals surface area contributed by atoms with Crippen molar-refractivity contribution in [2.45, 2.75) is 0 Å². The number of nitrogens with zero attached hydrogens (tertiary/aromatic N) is 1. The number of likely N-dealkylation sites (N-methyl/N-ethyl adjacent to an activating group) is 1. The van der Waals surface area contributed by atoms with Gasteiger partial charge in [0.15, 0.2) is 0 Å². The Kier molecular flexibility index (Phi) is 6.63. The lowest BCUT2D eigenvalue weighted by molar-refractivity contribution is -0.883. The van der Waals surface area contributed by atoms with Gasteiger partial charge < -0.3 is 19.7 Å². The Bertz CT molecular complexity index is 677. The van der Waals surface area contributed by atoms with Crippen LogP contribution in [-0.4, -0.2) is 78.4 Å². The molecule has 0 saturated carbocycles. The highest BCUT2D eigenvalue weighted by atomic mass is 32.2. The maximum Gasteiger partial charge on any atom is 0.251 e. The van der Waals surface area contributed by atoms with Gasteiger partial charge in [0.05, 0.1) is 53.2 Å². The maximum atomic E-state index is 12.3. The molecule has 0 radical (unpaired) electrons. The van der Waals surface area contributed by atoms with Crippen molar-refractivity contribution < 1.29 is 27.6 Å². The van der Waals surface area contributed by atoms with Crippen molar-refractivity contribution in [2.24, 2.45) is 0 Å². The fourth-order valence-corrected chi connectivity index (χ4v) is 3.97. The first kappa shape index (κ1) is 19.5. The van der Waals surface area contributed by atoms with Crippen LogP contribution in [0.4, 0.5) is 0 Å². The van der Waals surface area contributed by atoms with Crippen LogP contribution in [0.1, 0.15) is 10.4 Å². The second-order valence-corrected chi connectivity index (χ2v) is 8.12. The molecule has 2 N–H and O–H groups in total. The van der Waals surface area contributed by atoms with E-state index >= 15 is 0 Å². The van der Waals surface area contributed by atoms with Crippen LogP contribution in [-0.2, 0) is 10.0 Å². The number of piperazine rings is 1. The average molecular weight is 372 g/mol. The smallest absolute Gasteiger partial charge is 0.251 e. The van der Waals surface area contributed by atoms with Crippen molar-refractivity contribution in [3.63, 3.8) is 0 Å². The molecule has 1 saturated heterocycles. The van der Waals surface area contributed by atoms with Crippen molar-refractivity contribution in [2.75, 3.05) is 59.7 Å². The van der Waals surface area contributed by atoms with Gasteiger partial charge in [0, 0.05) is 18.2 Å². The summed E-state index contributed by atoms with van der Waals surface area (Å²) in [5, 5.41) is 2.64. The summed E-state index contributed by atoms with van der Waals surface area (Å²) in [6, 6.07) is 4.82. The molecule has 1 aliphatic rings. The highest BCUT2D eigenvalue weighted by Crippen LogP contribution is 2.22. The van der Waals surface area contributed by atoms with Gasteiger partial charge in [-0.2, -0.15) is 4.31 Å². The summed E-state index contributed by atoms with van der Waals surface area (Å²) in [7, 11) is 1.70. The zero-order valence-electron chi connectivity index (χ0n) is 14.9. The minimum absolute atomic E-state index is 0.0554. The highest BCUT2D eigenvalue weighted by molar-refractivity contribution is 7.89. The summed E-state index contributed by atoms with van der Waals surface area (Å²) >= 11 is 0. The number of hydrogen-bond acceptors (Lipinski definition) is 5. The lowest BCUT2D eigenvalue weighted by Gasteiger charge is -2.29. The molecule has 0 spiro atoms. The molecule has 9 heteroatoms. The van der Waals surface area contributed by atoms with E-state index in [0.717, 1.165) is 13.1 Å². The van der Waals surface area contributed by atoms with Crippen LogP contribution in [0.2, 0.25) is 0 Å². The fourth-order valence-electron chi connectivity index (χ4n) is 2.61. The van der Waals surface area contributed by atoms with E-state index in [0.29, 0.717) is 30.2 Å². The molecule has 1 amide bonds. The van der Waals surface area contributed by atoms with E-state index in [1.165, 1.54) is 23.4 Å². The van der Waals surface area contributed by atoms with Gasteiger partial charge in [-0.3, -0.25) is 4.79 Å². The van der Waals surface area contributed by atoms with Crippen molar-refractivity contribution in [1.29, 1.82) is 0 Å². The first-order valence-electron chi connectivity index (χ1n) is 8.16. The zero-order valence-corrected chi connectivity index (χ0v) is 15.7. The van der Waals surface area contributed by atoms with Gasteiger partial charge in [-0.1, -0.05) is 0 Å². The van der Waals surface area contributed by atoms with E-state index in [-0.39, 0.29) is 18.2 Å². The van der Waals surface area contributed by atoms with Crippen LogP contribution in [0, 0.1) is 0 Å². The van der Waals surface area contributed by atoms with Gasteiger partial charge >= 0.3 is 0 Å². The van der Waals surface area contributed by atoms with Crippen LogP contribution in [0.5, 0.6) is 11.5 Å². The Morgan fingerprint density at radius 3 is 2.24 bits per heavy atom. The Morgan fingerprint density at radius 1 is 1.16 bits per heavy atom. The van der Waals surface area contributed by atoms with Gasteiger partial charge in [-0.15, -0.1) is 0 Å². The fraction of sp³-hybridized carbons (Fsp3) is 0.562. The molecule has 8 nitrogen and oxygen atoms in total. The standard InChI is InChI=1S/C16H25N3O5S/c1-18-5-7-19(8-6-18)25(21,22)9-4-17-16(20)13-10-14(23-2)12-15(11-13)24-3/h10-12H,4-9H2,1-3H3,(H,17,20)/p+1. The van der Waals surface area contributed by atoms with Crippen LogP contribution >= 0.6 is 0 Å². The van der Waals surface area contributed by atoms with E-state index < -0.39 is 10.0 Å². The molecular weight excluding hydrogens is 346 g/mol. The van der Waals surface area contributed by atoms with E-state index in [4.69, 9.17) is 9.47 Å². The first-order chi connectivity index (χ1) is 11.9. The number of rotatable bonds is 7. The summed E-state index contributed by atoms with van der Waals surface area (Å²) < 4.78 is 36.4. The molecule has 25 heavy (non-hydrogen) atoms. The number of carbonyl (C=O) groups excluding carboxylic acids is 1. The number of nitrogens with one attached hydrogen (secondary N) is 2. The van der Waals surface area contributed by atoms with Gasteiger partial charge in [0.1, 0.15) is 11.5 Å². The summed E-state index contributed by atoms with van der Waals surface area (Å²) in [5.41, 5.74) is 0.358. The molecule has 0 aromatic heterocycles. The highest BCUT2D eigenvalue weighted by Gasteiger charge is 2.27. The third-order valence-corrected chi connectivity index (χ3v) is 6.10. The minimum Gasteiger partial charge on any atom is -0.497 e. The number of methoxy groups -OCH3 is 2. The number of hydrogen-bond donors (Lipinski definition) is 2. The van der Waals surface area contributed by atoms with Crippen molar-refractivity contribution in [1.82, 2.24) is 9.62 Å². The van der Waals surface area contributed by atoms with Gasteiger partial charge in [-0.25, -0.2) is 8.42 Å². The predicted octanol–water partition coefficient (Wildman–Crippen LogP) is -1.41.